The van der Waals surface area contributed by atoms with Crippen LogP contribution >= 0.6 is 0 Å². The Hall–Kier alpha value is -2.08. The summed E-state index contributed by atoms with van der Waals surface area (Å²) in [4.78, 5) is 15.4. The predicted octanol–water partition coefficient (Wildman–Crippen LogP) is 0.781. The fourth-order valence-electron chi connectivity index (χ4n) is 2.04. The predicted molar refractivity (Wildman–Crippen MR) is 71.9 cm³/mol. The second kappa shape index (κ2) is 5.27. The van der Waals surface area contributed by atoms with Crippen LogP contribution in [-0.4, -0.2) is 21.9 Å². The Balaban J connectivity index is 2.52. The van der Waals surface area contributed by atoms with Gasteiger partial charge in [-0.2, -0.15) is 0 Å². The van der Waals surface area contributed by atoms with E-state index in [2.05, 4.69) is 18.8 Å². The molecule has 2 rings (SSSR count). The maximum atomic E-state index is 10.8. The first kappa shape index (κ1) is 13.4. The van der Waals surface area contributed by atoms with Crippen molar-refractivity contribution in [2.45, 2.75) is 26.3 Å². The molecule has 6 nitrogen and oxygen atoms in total. The second-order valence-electron chi connectivity index (χ2n) is 4.62. The van der Waals surface area contributed by atoms with Crippen molar-refractivity contribution in [1.29, 1.82) is 0 Å². The molecule has 0 aromatic carbocycles. The van der Waals surface area contributed by atoms with Crippen molar-refractivity contribution in [2.24, 2.45) is 11.5 Å². The first-order valence-electron chi connectivity index (χ1n) is 6.15. The van der Waals surface area contributed by atoms with E-state index in [1.807, 2.05) is 16.7 Å². The van der Waals surface area contributed by atoms with Crippen LogP contribution in [0.1, 0.15) is 31.2 Å². The Labute approximate surface area is 111 Å². The number of hydrogen-bond donors (Lipinski definition) is 2. The van der Waals surface area contributed by atoms with Gasteiger partial charge in [0.2, 0.25) is 0 Å². The van der Waals surface area contributed by atoms with Crippen LogP contribution in [0.2, 0.25) is 0 Å². The topological polar surface area (TPSA) is 95.6 Å². The smallest absolute Gasteiger partial charge is 0.255 e. The first-order chi connectivity index (χ1) is 9.04. The van der Waals surface area contributed by atoms with Gasteiger partial charge in [0.25, 0.3) is 5.91 Å². The molecule has 0 unspecified atom stereocenters. The lowest BCUT2D eigenvalue weighted by molar-refractivity contribution is -0.119. The zero-order valence-electron chi connectivity index (χ0n) is 11.1. The molecule has 2 aromatic rings. The van der Waals surface area contributed by atoms with Gasteiger partial charge in [-0.1, -0.05) is 13.8 Å². The minimum atomic E-state index is -0.517. The SMILES string of the molecule is CC(C)c1nc2c(OCC(N)=O)cccn2c1CN. The van der Waals surface area contributed by atoms with Gasteiger partial charge in [-0.3, -0.25) is 9.20 Å². The summed E-state index contributed by atoms with van der Waals surface area (Å²) in [5, 5.41) is 0. The van der Waals surface area contributed by atoms with Crippen LogP contribution < -0.4 is 16.2 Å². The molecule has 0 aliphatic rings. The van der Waals surface area contributed by atoms with Crippen LogP contribution in [-0.2, 0) is 11.3 Å². The van der Waals surface area contributed by atoms with Crippen molar-refractivity contribution in [3.05, 3.63) is 29.7 Å². The number of rotatable bonds is 5. The molecule has 0 aliphatic heterocycles. The number of carbonyl (C=O) groups is 1. The Kier molecular flexibility index (Phi) is 3.71. The number of amides is 1. The van der Waals surface area contributed by atoms with E-state index in [1.165, 1.54) is 0 Å². The molecule has 2 heterocycles. The van der Waals surface area contributed by atoms with Crippen molar-refractivity contribution in [3.8, 4) is 5.75 Å². The standard InChI is InChI=1S/C13H18N4O2/c1-8(2)12-9(6-14)17-5-3-4-10(13(17)16-12)19-7-11(15)18/h3-5,8H,6-7,14H2,1-2H3,(H2,15,18). The Morgan fingerprint density at radius 3 is 2.84 bits per heavy atom. The summed E-state index contributed by atoms with van der Waals surface area (Å²) in [6.07, 6.45) is 1.88. The number of fused-ring (bicyclic) bond motifs is 1. The van der Waals surface area contributed by atoms with Gasteiger partial charge in [-0.05, 0) is 18.1 Å². The van der Waals surface area contributed by atoms with Gasteiger partial charge in [0, 0.05) is 12.7 Å². The molecule has 6 heteroatoms. The van der Waals surface area contributed by atoms with E-state index in [4.69, 9.17) is 16.2 Å². The average molecular weight is 262 g/mol. The zero-order valence-corrected chi connectivity index (χ0v) is 11.1. The molecular weight excluding hydrogens is 244 g/mol. The highest BCUT2D eigenvalue weighted by Crippen LogP contribution is 2.25. The number of primary amides is 1. The van der Waals surface area contributed by atoms with Crippen molar-refractivity contribution in [3.63, 3.8) is 0 Å². The van der Waals surface area contributed by atoms with Crippen LogP contribution in [0, 0.1) is 0 Å². The molecular formula is C13H18N4O2. The summed E-state index contributed by atoms with van der Waals surface area (Å²) in [6.45, 7) is 4.35. The average Bonchev–Trinajstić information content (AvgIpc) is 2.75. The lowest BCUT2D eigenvalue weighted by Gasteiger charge is -2.06. The number of imidazole rings is 1. The monoisotopic (exact) mass is 262 g/mol. The van der Waals surface area contributed by atoms with E-state index in [-0.39, 0.29) is 12.5 Å². The molecule has 0 radical (unpaired) electrons. The molecule has 4 N–H and O–H groups in total. The highest BCUT2D eigenvalue weighted by molar-refractivity contribution is 5.75. The van der Waals surface area contributed by atoms with Crippen LogP contribution in [0.4, 0.5) is 0 Å². The van der Waals surface area contributed by atoms with Gasteiger partial charge < -0.3 is 16.2 Å². The lowest BCUT2D eigenvalue weighted by Crippen LogP contribution is -2.20. The van der Waals surface area contributed by atoms with Crippen molar-refractivity contribution >= 4 is 11.6 Å². The minimum absolute atomic E-state index is 0.165. The van der Waals surface area contributed by atoms with Crippen molar-refractivity contribution in [2.75, 3.05) is 6.61 Å². The number of nitrogens with two attached hydrogens (primary N) is 2. The highest BCUT2D eigenvalue weighted by atomic mass is 16.5. The molecule has 19 heavy (non-hydrogen) atoms. The van der Waals surface area contributed by atoms with Crippen LogP contribution in [0.15, 0.2) is 18.3 Å². The first-order valence-corrected chi connectivity index (χ1v) is 6.15. The maximum absolute atomic E-state index is 10.8. The number of hydrogen-bond acceptors (Lipinski definition) is 4. The molecule has 0 spiro atoms. The zero-order chi connectivity index (χ0) is 14.0. The molecule has 0 bridgehead atoms. The largest absolute Gasteiger partial charge is 0.480 e. The number of nitrogens with zero attached hydrogens (tertiary/aromatic N) is 2. The van der Waals surface area contributed by atoms with E-state index >= 15 is 0 Å². The van der Waals surface area contributed by atoms with Crippen LogP contribution in [0.3, 0.4) is 0 Å². The summed E-state index contributed by atoms with van der Waals surface area (Å²) in [7, 11) is 0. The molecule has 1 amide bonds. The fraction of sp³-hybridized carbons (Fsp3) is 0.385. The summed E-state index contributed by atoms with van der Waals surface area (Å²) in [6, 6.07) is 3.59. The summed E-state index contributed by atoms with van der Waals surface area (Å²) in [5.41, 5.74) is 13.4. The normalized spacial score (nSPS) is 11.2. The second-order valence-corrected chi connectivity index (χ2v) is 4.62. The van der Waals surface area contributed by atoms with Gasteiger partial charge in [0.05, 0.1) is 11.4 Å². The molecule has 0 fully saturated rings. The van der Waals surface area contributed by atoms with E-state index < -0.39 is 5.91 Å². The lowest BCUT2D eigenvalue weighted by atomic mass is 10.1. The van der Waals surface area contributed by atoms with Gasteiger partial charge in [0.15, 0.2) is 18.0 Å². The highest BCUT2D eigenvalue weighted by Gasteiger charge is 2.16. The Morgan fingerprint density at radius 1 is 1.53 bits per heavy atom. The molecule has 0 atom stereocenters. The quantitative estimate of drug-likeness (QED) is 0.832. The Bertz CT molecular complexity index is 604. The third-order valence-electron chi connectivity index (χ3n) is 2.85. The summed E-state index contributed by atoms with van der Waals surface area (Å²) >= 11 is 0. The van der Waals surface area contributed by atoms with E-state index in [1.54, 1.807) is 6.07 Å². The van der Waals surface area contributed by atoms with E-state index in [9.17, 15) is 4.79 Å². The van der Waals surface area contributed by atoms with Gasteiger partial charge in [-0.15, -0.1) is 0 Å². The van der Waals surface area contributed by atoms with Crippen LogP contribution in [0.5, 0.6) is 5.75 Å². The van der Waals surface area contributed by atoms with Crippen LogP contribution in [0.25, 0.3) is 5.65 Å². The molecule has 0 saturated heterocycles. The molecule has 0 aliphatic carbocycles. The van der Waals surface area contributed by atoms with Gasteiger partial charge in [-0.25, -0.2) is 4.98 Å². The summed E-state index contributed by atoms with van der Waals surface area (Å²) < 4.78 is 7.27. The third kappa shape index (κ3) is 2.53. The minimum Gasteiger partial charge on any atom is -0.480 e. The number of carbonyl (C=O) groups excluding carboxylic acids is 1. The molecule has 102 valence electrons. The fourth-order valence-corrected chi connectivity index (χ4v) is 2.04. The maximum Gasteiger partial charge on any atom is 0.255 e. The van der Waals surface area contributed by atoms with Crippen molar-refractivity contribution in [1.82, 2.24) is 9.38 Å². The van der Waals surface area contributed by atoms with Crippen molar-refractivity contribution < 1.29 is 9.53 Å². The van der Waals surface area contributed by atoms with E-state index in [0.717, 1.165) is 11.4 Å². The number of aromatic nitrogens is 2. The third-order valence-corrected chi connectivity index (χ3v) is 2.85. The Morgan fingerprint density at radius 2 is 2.26 bits per heavy atom. The number of pyridine rings is 1. The van der Waals surface area contributed by atoms with Gasteiger partial charge >= 0.3 is 0 Å². The molecule has 0 saturated carbocycles. The molecule has 2 aromatic heterocycles. The summed E-state index contributed by atoms with van der Waals surface area (Å²) in [5.74, 6) is 0.280. The number of ether oxygens (including phenoxy) is 1. The van der Waals surface area contributed by atoms with Gasteiger partial charge in [0.1, 0.15) is 0 Å². The van der Waals surface area contributed by atoms with E-state index in [0.29, 0.717) is 17.9 Å².